The zero-order valence-electron chi connectivity index (χ0n) is 25.4. The number of ether oxygens (including phenoxy) is 2. The van der Waals surface area contributed by atoms with Gasteiger partial charge in [0.2, 0.25) is 0 Å². The van der Waals surface area contributed by atoms with Gasteiger partial charge < -0.3 is 14.8 Å². The van der Waals surface area contributed by atoms with Crippen molar-refractivity contribution >= 4 is 50.3 Å². The molecule has 1 N–H and O–H groups in total. The van der Waals surface area contributed by atoms with Crippen LogP contribution < -0.4 is 10.1 Å². The highest BCUT2D eigenvalue weighted by atomic mass is 79.9. The van der Waals surface area contributed by atoms with Crippen LogP contribution >= 0.6 is 27.5 Å². The molecule has 1 aromatic heterocycles. The van der Waals surface area contributed by atoms with Gasteiger partial charge in [0.1, 0.15) is 17.5 Å². The summed E-state index contributed by atoms with van der Waals surface area (Å²) in [6.07, 6.45) is 2.28. The minimum absolute atomic E-state index is 0.190. The monoisotopic (exact) mass is 674 g/mol. The summed E-state index contributed by atoms with van der Waals surface area (Å²) in [5.74, 6) is 0.135. The van der Waals surface area contributed by atoms with Crippen LogP contribution in [0, 0.1) is 12.3 Å². The molecule has 1 heterocycles. The quantitative estimate of drug-likeness (QED) is 0.207. The lowest BCUT2D eigenvalue weighted by atomic mass is 9.55. The zero-order valence-corrected chi connectivity index (χ0v) is 27.7. The third-order valence-electron chi connectivity index (χ3n) is 9.06. The standard InChI is InChI=1S/C36H36BrClN2O4/c1-22-30(25-20-24(37)14-15-27(25)39-31(22)23-10-6-5-7-11-23)32(41)40-36-18-16-35(17-19-36,33(42)44-34(2,3)4)21-29(36)43-28-13-9-8-12-26(28)38/h5-15,20,29H,16-19,21H2,1-4H3,(H,40,41). The molecular formula is C36H36BrClN2O4. The molecule has 8 heteroatoms. The molecular weight excluding hydrogens is 640 g/mol. The fourth-order valence-electron chi connectivity index (χ4n) is 6.77. The van der Waals surface area contributed by atoms with Crippen LogP contribution in [0.4, 0.5) is 0 Å². The number of hydrogen-bond acceptors (Lipinski definition) is 5. The van der Waals surface area contributed by atoms with Gasteiger partial charge in [-0.05, 0) is 89.3 Å². The van der Waals surface area contributed by atoms with Crippen LogP contribution in [-0.4, -0.2) is 34.1 Å². The van der Waals surface area contributed by atoms with Gasteiger partial charge >= 0.3 is 5.97 Å². The van der Waals surface area contributed by atoms with Gasteiger partial charge in [0.05, 0.1) is 32.8 Å². The molecule has 4 aromatic rings. The summed E-state index contributed by atoms with van der Waals surface area (Å²) in [6, 6.07) is 23.1. The highest BCUT2D eigenvalue weighted by molar-refractivity contribution is 9.10. The summed E-state index contributed by atoms with van der Waals surface area (Å²) in [5, 5.41) is 4.71. The molecule has 3 aromatic carbocycles. The van der Waals surface area contributed by atoms with E-state index in [1.807, 2.05) is 94.4 Å². The van der Waals surface area contributed by atoms with Crippen molar-refractivity contribution in [1.82, 2.24) is 10.3 Å². The molecule has 6 nitrogen and oxygen atoms in total. The smallest absolute Gasteiger partial charge is 0.312 e. The number of halogens is 2. The maximum Gasteiger partial charge on any atom is 0.312 e. The van der Waals surface area contributed by atoms with E-state index in [4.69, 9.17) is 26.1 Å². The van der Waals surface area contributed by atoms with E-state index in [0.717, 1.165) is 32.2 Å². The average molecular weight is 676 g/mol. The van der Waals surface area contributed by atoms with Gasteiger partial charge in [-0.25, -0.2) is 4.98 Å². The number of pyridine rings is 1. The minimum Gasteiger partial charge on any atom is -0.486 e. The maximum absolute atomic E-state index is 14.6. The molecule has 44 heavy (non-hydrogen) atoms. The molecule has 1 atom stereocenters. The summed E-state index contributed by atoms with van der Waals surface area (Å²) < 4.78 is 13.4. The van der Waals surface area contributed by atoms with E-state index in [-0.39, 0.29) is 11.9 Å². The van der Waals surface area contributed by atoms with Gasteiger partial charge in [-0.3, -0.25) is 9.59 Å². The lowest BCUT2D eigenvalue weighted by Gasteiger charge is -2.56. The van der Waals surface area contributed by atoms with Crippen LogP contribution in [-0.2, 0) is 9.53 Å². The van der Waals surface area contributed by atoms with Crippen LogP contribution in [0.15, 0.2) is 77.3 Å². The van der Waals surface area contributed by atoms with Crippen molar-refractivity contribution in [3.05, 3.63) is 93.4 Å². The van der Waals surface area contributed by atoms with Crippen LogP contribution in [0.3, 0.4) is 0 Å². The number of amides is 1. The Morgan fingerprint density at radius 2 is 1.66 bits per heavy atom. The average Bonchev–Trinajstić information content (AvgIpc) is 2.98. The number of fused-ring (bicyclic) bond motifs is 4. The van der Waals surface area contributed by atoms with Gasteiger partial charge in [0, 0.05) is 21.8 Å². The normalized spacial score (nSPS) is 22.9. The molecule has 0 aliphatic heterocycles. The summed E-state index contributed by atoms with van der Waals surface area (Å²) in [6.45, 7) is 7.62. The molecule has 3 aliphatic rings. The van der Waals surface area contributed by atoms with Gasteiger partial charge in [0.15, 0.2) is 0 Å². The van der Waals surface area contributed by atoms with Gasteiger partial charge in [-0.2, -0.15) is 0 Å². The first-order chi connectivity index (χ1) is 20.9. The largest absolute Gasteiger partial charge is 0.486 e. The number of esters is 1. The Morgan fingerprint density at radius 3 is 2.34 bits per heavy atom. The Hall–Kier alpha value is -3.42. The maximum atomic E-state index is 14.6. The van der Waals surface area contributed by atoms with Crippen LogP contribution in [0.5, 0.6) is 5.75 Å². The second-order valence-electron chi connectivity index (χ2n) is 13.1. The number of aromatic nitrogens is 1. The number of nitrogens with one attached hydrogen (secondary N) is 1. The van der Waals surface area contributed by atoms with Gasteiger partial charge in [0.25, 0.3) is 5.91 Å². The van der Waals surface area contributed by atoms with E-state index in [1.165, 1.54) is 0 Å². The van der Waals surface area contributed by atoms with Crippen molar-refractivity contribution in [2.45, 2.75) is 77.0 Å². The number of para-hydroxylation sites is 1. The second kappa shape index (κ2) is 11.5. The molecule has 3 saturated carbocycles. The predicted octanol–water partition coefficient (Wildman–Crippen LogP) is 8.85. The molecule has 1 amide bonds. The molecule has 7 rings (SSSR count). The first-order valence-electron chi connectivity index (χ1n) is 15.0. The molecule has 228 valence electrons. The Bertz CT molecular complexity index is 1740. The van der Waals surface area contributed by atoms with E-state index in [9.17, 15) is 9.59 Å². The summed E-state index contributed by atoms with van der Waals surface area (Å²) in [4.78, 5) is 33.1. The summed E-state index contributed by atoms with van der Waals surface area (Å²) in [5.41, 5.74) is 1.83. The molecule has 2 bridgehead atoms. The van der Waals surface area contributed by atoms with E-state index >= 15 is 0 Å². The fourth-order valence-corrected chi connectivity index (χ4v) is 7.31. The molecule has 0 radical (unpaired) electrons. The van der Waals surface area contributed by atoms with E-state index in [0.29, 0.717) is 48.4 Å². The van der Waals surface area contributed by atoms with E-state index < -0.39 is 22.7 Å². The lowest BCUT2D eigenvalue weighted by Crippen LogP contribution is -2.67. The van der Waals surface area contributed by atoms with Gasteiger partial charge in [-0.15, -0.1) is 0 Å². The van der Waals surface area contributed by atoms with Crippen LogP contribution in [0.1, 0.15) is 68.8 Å². The molecule has 0 saturated heterocycles. The van der Waals surface area contributed by atoms with E-state index in [2.05, 4.69) is 21.2 Å². The molecule has 0 spiro atoms. The van der Waals surface area contributed by atoms with Crippen molar-refractivity contribution in [1.29, 1.82) is 0 Å². The zero-order chi connectivity index (χ0) is 31.3. The Balaban J connectivity index is 1.41. The Labute approximate surface area is 271 Å². The molecule has 1 unspecified atom stereocenters. The third-order valence-corrected chi connectivity index (χ3v) is 9.86. The molecule has 3 aliphatic carbocycles. The molecule has 3 fully saturated rings. The van der Waals surface area contributed by atoms with E-state index in [1.54, 1.807) is 6.07 Å². The topological polar surface area (TPSA) is 77.5 Å². The minimum atomic E-state index is -0.707. The SMILES string of the molecule is Cc1c(-c2ccccc2)nc2ccc(Br)cc2c1C(=O)NC12CCC(C(=O)OC(C)(C)C)(CC1)CC2Oc1ccccc1Cl. The fraction of sp³-hybridized carbons (Fsp3) is 0.361. The van der Waals surface area contributed by atoms with Crippen molar-refractivity contribution < 1.29 is 19.1 Å². The number of carbonyl (C=O) groups is 2. The number of rotatable bonds is 6. The first kappa shape index (κ1) is 30.6. The summed E-state index contributed by atoms with van der Waals surface area (Å²) in [7, 11) is 0. The van der Waals surface area contributed by atoms with Crippen molar-refractivity contribution in [2.75, 3.05) is 0 Å². The highest BCUT2D eigenvalue weighted by Gasteiger charge is 2.60. The van der Waals surface area contributed by atoms with Crippen molar-refractivity contribution in [3.63, 3.8) is 0 Å². The Morgan fingerprint density at radius 1 is 0.977 bits per heavy atom. The van der Waals surface area contributed by atoms with Gasteiger partial charge in [-0.1, -0.05) is 70.0 Å². The Kier molecular flexibility index (Phi) is 8.00. The number of hydrogen-bond donors (Lipinski definition) is 1. The third kappa shape index (κ3) is 5.72. The highest BCUT2D eigenvalue weighted by Crippen LogP contribution is 2.55. The summed E-state index contributed by atoms with van der Waals surface area (Å²) >= 11 is 10.1. The lowest BCUT2D eigenvalue weighted by molar-refractivity contribution is -0.181. The number of benzene rings is 3. The second-order valence-corrected chi connectivity index (χ2v) is 14.4. The number of carbonyl (C=O) groups excluding carboxylic acids is 2. The predicted molar refractivity (Wildman–Crippen MR) is 177 cm³/mol. The van der Waals surface area contributed by atoms with Crippen LogP contribution in [0.25, 0.3) is 22.2 Å². The van der Waals surface area contributed by atoms with Crippen molar-refractivity contribution in [2.24, 2.45) is 5.41 Å². The first-order valence-corrected chi connectivity index (χ1v) is 16.2. The van der Waals surface area contributed by atoms with Crippen molar-refractivity contribution in [3.8, 4) is 17.0 Å². The van der Waals surface area contributed by atoms with Crippen LogP contribution in [0.2, 0.25) is 5.02 Å². The number of nitrogens with zero attached hydrogens (tertiary/aromatic N) is 1.